The number of thioether (sulfide) groups is 1. The Balaban J connectivity index is 3.20. The summed E-state index contributed by atoms with van der Waals surface area (Å²) in [5, 5.41) is 11.4. The van der Waals surface area contributed by atoms with Gasteiger partial charge in [0.2, 0.25) is 0 Å². The molecule has 0 spiro atoms. The highest BCUT2D eigenvalue weighted by atomic mass is 32.2. The molecule has 3 nitrogen and oxygen atoms in total. The molecule has 0 aromatic heterocycles. The number of carboxylic acids is 1. The van der Waals surface area contributed by atoms with E-state index in [0.29, 0.717) is 6.54 Å². The topological polar surface area (TPSA) is 49.3 Å². The fourth-order valence-electron chi connectivity index (χ4n) is 0.656. The summed E-state index contributed by atoms with van der Waals surface area (Å²) in [5.74, 6) is 0.180. The van der Waals surface area contributed by atoms with E-state index in [1.54, 1.807) is 11.8 Å². The molecule has 12 heavy (non-hydrogen) atoms. The number of aliphatic carboxylic acids is 1. The zero-order chi connectivity index (χ0) is 9.40. The van der Waals surface area contributed by atoms with E-state index < -0.39 is 5.97 Å². The lowest BCUT2D eigenvalue weighted by Gasteiger charge is -2.02. The van der Waals surface area contributed by atoms with E-state index in [-0.39, 0.29) is 5.57 Å². The number of hydrogen-bond donors (Lipinski definition) is 2. The Morgan fingerprint density at radius 2 is 2.33 bits per heavy atom. The van der Waals surface area contributed by atoms with Crippen LogP contribution in [-0.4, -0.2) is 36.2 Å². The number of hydrogen-bond acceptors (Lipinski definition) is 3. The third-order valence-electron chi connectivity index (χ3n) is 1.34. The molecular weight excluding hydrogens is 174 g/mol. The van der Waals surface area contributed by atoms with Gasteiger partial charge in [0.05, 0.1) is 0 Å². The molecule has 0 bridgehead atoms. The summed E-state index contributed by atoms with van der Waals surface area (Å²) in [4.78, 5) is 10.3. The van der Waals surface area contributed by atoms with Gasteiger partial charge in [0, 0.05) is 12.1 Å². The van der Waals surface area contributed by atoms with E-state index in [2.05, 4.69) is 18.2 Å². The predicted molar refractivity (Wildman–Crippen MR) is 52.6 cm³/mol. The lowest BCUT2D eigenvalue weighted by Crippen LogP contribution is -2.21. The molecule has 0 fully saturated rings. The van der Waals surface area contributed by atoms with Crippen molar-refractivity contribution in [2.24, 2.45) is 0 Å². The maximum absolute atomic E-state index is 10.3. The maximum atomic E-state index is 10.3. The van der Waals surface area contributed by atoms with Gasteiger partial charge in [0.25, 0.3) is 0 Å². The molecule has 0 aromatic rings. The minimum atomic E-state index is -0.924. The molecule has 0 heterocycles. The molecular formula is C8H15NO2S. The molecule has 0 saturated carbocycles. The molecule has 0 aromatic carbocycles. The van der Waals surface area contributed by atoms with Gasteiger partial charge in [-0.05, 0) is 25.0 Å². The predicted octanol–water partition coefficient (Wildman–Crippen LogP) is 0.970. The first-order valence-corrected chi connectivity index (χ1v) is 5.18. The highest BCUT2D eigenvalue weighted by molar-refractivity contribution is 7.98. The van der Waals surface area contributed by atoms with E-state index >= 15 is 0 Å². The SMILES string of the molecule is C=C(CNCCCSC)C(=O)O. The van der Waals surface area contributed by atoms with Gasteiger partial charge in [0.15, 0.2) is 0 Å². The Morgan fingerprint density at radius 3 is 2.83 bits per heavy atom. The molecule has 0 aliphatic carbocycles. The summed E-state index contributed by atoms with van der Waals surface area (Å²) in [6, 6.07) is 0. The monoisotopic (exact) mass is 189 g/mol. The summed E-state index contributed by atoms with van der Waals surface area (Å²) >= 11 is 1.79. The summed E-state index contributed by atoms with van der Waals surface area (Å²) in [6.07, 6.45) is 3.12. The first-order valence-electron chi connectivity index (χ1n) is 3.79. The fraction of sp³-hybridized carbons (Fsp3) is 0.625. The molecule has 2 N–H and O–H groups in total. The first-order chi connectivity index (χ1) is 5.68. The number of nitrogens with one attached hydrogen (secondary N) is 1. The van der Waals surface area contributed by atoms with Crippen LogP contribution in [0, 0.1) is 0 Å². The highest BCUT2D eigenvalue weighted by Gasteiger charge is 2.01. The van der Waals surface area contributed by atoms with Gasteiger partial charge >= 0.3 is 5.97 Å². The lowest BCUT2D eigenvalue weighted by atomic mass is 10.3. The second-order valence-corrected chi connectivity index (χ2v) is 3.42. The van der Waals surface area contributed by atoms with Crippen LogP contribution in [-0.2, 0) is 4.79 Å². The van der Waals surface area contributed by atoms with Crippen molar-refractivity contribution in [3.63, 3.8) is 0 Å². The van der Waals surface area contributed by atoms with Crippen molar-refractivity contribution in [3.8, 4) is 0 Å². The van der Waals surface area contributed by atoms with Gasteiger partial charge in [-0.15, -0.1) is 0 Å². The van der Waals surface area contributed by atoms with Crippen molar-refractivity contribution >= 4 is 17.7 Å². The van der Waals surface area contributed by atoms with Crippen LogP contribution >= 0.6 is 11.8 Å². The smallest absolute Gasteiger partial charge is 0.332 e. The third-order valence-corrected chi connectivity index (χ3v) is 2.04. The van der Waals surface area contributed by atoms with E-state index in [1.807, 2.05) is 0 Å². The number of carboxylic acid groups (broad SMARTS) is 1. The van der Waals surface area contributed by atoms with Crippen molar-refractivity contribution in [1.29, 1.82) is 0 Å². The second kappa shape index (κ2) is 7.18. The quantitative estimate of drug-likeness (QED) is 0.463. The van der Waals surface area contributed by atoms with Crippen molar-refractivity contribution < 1.29 is 9.90 Å². The average molecular weight is 189 g/mol. The summed E-state index contributed by atoms with van der Waals surface area (Å²) in [6.45, 7) is 4.64. The molecule has 0 rings (SSSR count). The summed E-state index contributed by atoms with van der Waals surface area (Å²) in [5.41, 5.74) is 0.221. The molecule has 0 aliphatic rings. The molecule has 0 atom stereocenters. The van der Waals surface area contributed by atoms with Gasteiger partial charge in [-0.2, -0.15) is 11.8 Å². The molecule has 0 aliphatic heterocycles. The standard InChI is InChI=1S/C8H15NO2S/c1-7(8(10)11)6-9-4-3-5-12-2/h9H,1,3-6H2,2H3,(H,10,11). The summed E-state index contributed by atoms with van der Waals surface area (Å²) in [7, 11) is 0. The van der Waals surface area contributed by atoms with Gasteiger partial charge in [-0.25, -0.2) is 4.79 Å². The van der Waals surface area contributed by atoms with Crippen molar-refractivity contribution in [3.05, 3.63) is 12.2 Å². The van der Waals surface area contributed by atoms with Crippen LogP contribution in [0.15, 0.2) is 12.2 Å². The fourth-order valence-corrected chi connectivity index (χ4v) is 1.09. The van der Waals surface area contributed by atoms with Gasteiger partial charge in [-0.1, -0.05) is 6.58 Å². The maximum Gasteiger partial charge on any atom is 0.332 e. The van der Waals surface area contributed by atoms with Gasteiger partial charge in [-0.3, -0.25) is 0 Å². The molecule has 4 heteroatoms. The van der Waals surface area contributed by atoms with Crippen LogP contribution in [0.2, 0.25) is 0 Å². The minimum absolute atomic E-state index is 0.221. The number of carbonyl (C=O) groups is 1. The Morgan fingerprint density at radius 1 is 1.67 bits per heavy atom. The largest absolute Gasteiger partial charge is 0.478 e. The van der Waals surface area contributed by atoms with Crippen molar-refractivity contribution in [2.45, 2.75) is 6.42 Å². The second-order valence-electron chi connectivity index (χ2n) is 2.43. The van der Waals surface area contributed by atoms with E-state index in [1.165, 1.54) is 0 Å². The Hall–Kier alpha value is -0.480. The number of rotatable bonds is 7. The van der Waals surface area contributed by atoms with E-state index in [0.717, 1.165) is 18.7 Å². The van der Waals surface area contributed by atoms with Crippen LogP contribution in [0.1, 0.15) is 6.42 Å². The van der Waals surface area contributed by atoms with Crippen molar-refractivity contribution in [1.82, 2.24) is 5.32 Å². The van der Waals surface area contributed by atoms with Crippen molar-refractivity contribution in [2.75, 3.05) is 25.1 Å². The zero-order valence-corrected chi connectivity index (χ0v) is 8.12. The van der Waals surface area contributed by atoms with Crippen LogP contribution < -0.4 is 5.32 Å². The van der Waals surface area contributed by atoms with Crippen LogP contribution in [0.25, 0.3) is 0 Å². The van der Waals surface area contributed by atoms with Crippen LogP contribution in [0.5, 0.6) is 0 Å². The average Bonchev–Trinajstić information content (AvgIpc) is 2.03. The summed E-state index contributed by atoms with van der Waals surface area (Å²) < 4.78 is 0. The Bertz CT molecular complexity index is 159. The third kappa shape index (κ3) is 6.24. The zero-order valence-electron chi connectivity index (χ0n) is 7.30. The van der Waals surface area contributed by atoms with E-state index in [9.17, 15) is 4.79 Å². The Labute approximate surface area is 77.2 Å². The first kappa shape index (κ1) is 11.5. The van der Waals surface area contributed by atoms with Gasteiger partial charge < -0.3 is 10.4 Å². The molecule has 0 amide bonds. The molecule has 70 valence electrons. The molecule has 0 unspecified atom stereocenters. The molecule has 0 radical (unpaired) electrons. The van der Waals surface area contributed by atoms with Crippen LogP contribution in [0.3, 0.4) is 0 Å². The Kier molecular flexibility index (Phi) is 6.90. The van der Waals surface area contributed by atoms with E-state index in [4.69, 9.17) is 5.11 Å². The van der Waals surface area contributed by atoms with Crippen LogP contribution in [0.4, 0.5) is 0 Å². The molecule has 0 saturated heterocycles. The van der Waals surface area contributed by atoms with Gasteiger partial charge in [0.1, 0.15) is 0 Å². The normalized spacial score (nSPS) is 9.75. The lowest BCUT2D eigenvalue weighted by molar-refractivity contribution is -0.132. The highest BCUT2D eigenvalue weighted by Crippen LogP contribution is 1.93. The minimum Gasteiger partial charge on any atom is -0.478 e.